The molecule has 2 amide bonds. The number of amides is 2. The summed E-state index contributed by atoms with van der Waals surface area (Å²) in [5.41, 5.74) is 0.326. The third kappa shape index (κ3) is 5.59. The number of Topliss-reactive ketones (excluding diaryl/α,β-unsaturated/α-hetero) is 1. The molecule has 0 spiro atoms. The molecular weight excluding hydrogens is 502 g/mol. The average molecular weight is 522 g/mol. The fraction of sp³-hybridized carbons (Fsp3) is 0.240. The first-order valence-electron chi connectivity index (χ1n) is 10.9. The topological polar surface area (TPSA) is 71.5 Å². The number of alkyl halides is 3. The molecule has 1 aliphatic heterocycles. The summed E-state index contributed by atoms with van der Waals surface area (Å²) in [6.45, 7) is 2.54. The first kappa shape index (κ1) is 25.4. The third-order valence-corrected chi connectivity index (χ3v) is 5.99. The minimum absolute atomic E-state index is 0.0784. The quantitative estimate of drug-likeness (QED) is 0.365. The predicted molar refractivity (Wildman–Crippen MR) is 125 cm³/mol. The van der Waals surface area contributed by atoms with Crippen molar-refractivity contribution in [1.29, 1.82) is 0 Å². The van der Waals surface area contributed by atoms with Gasteiger partial charge in [-0.2, -0.15) is 13.2 Å². The molecule has 0 unspecified atom stereocenters. The summed E-state index contributed by atoms with van der Waals surface area (Å²) in [7, 11) is 0. The molecule has 11 heteroatoms. The summed E-state index contributed by atoms with van der Waals surface area (Å²) in [5, 5.41) is 2.51. The highest BCUT2D eigenvalue weighted by Crippen LogP contribution is 2.35. The van der Waals surface area contributed by atoms with E-state index in [9.17, 15) is 27.2 Å². The number of hydrogen-bond acceptors (Lipinski definition) is 4. The standard InChI is InChI=1S/C25H20ClF4N3O3/c1-2-33-13-18-21(7-8-31-23(18)32-24(33)35)36-22-6-3-14(10-20(22)27)9-17(34)11-15-4-5-16(12-19(15)26)25(28,29)30/h3-8,10,12H,2,9,11,13H2,1H3,(H,31,32,35). The minimum Gasteiger partial charge on any atom is -0.454 e. The summed E-state index contributed by atoms with van der Waals surface area (Å²) in [4.78, 5) is 30.2. The van der Waals surface area contributed by atoms with Gasteiger partial charge >= 0.3 is 12.2 Å². The Kier molecular flexibility index (Phi) is 7.16. The van der Waals surface area contributed by atoms with E-state index >= 15 is 0 Å². The molecule has 4 rings (SSSR count). The highest BCUT2D eigenvalue weighted by atomic mass is 35.5. The number of halogens is 5. The van der Waals surface area contributed by atoms with Crippen molar-refractivity contribution in [2.45, 2.75) is 32.5 Å². The van der Waals surface area contributed by atoms with Crippen LogP contribution in [0.25, 0.3) is 0 Å². The molecule has 2 heterocycles. The molecular formula is C25H20ClF4N3O3. The maximum Gasteiger partial charge on any atom is 0.416 e. The molecule has 1 N–H and O–H groups in total. The highest BCUT2D eigenvalue weighted by Gasteiger charge is 2.31. The first-order chi connectivity index (χ1) is 17.0. The van der Waals surface area contributed by atoms with E-state index in [1.807, 2.05) is 6.92 Å². The van der Waals surface area contributed by atoms with Crippen molar-refractivity contribution in [3.63, 3.8) is 0 Å². The largest absolute Gasteiger partial charge is 0.454 e. The molecule has 1 aromatic heterocycles. The number of nitrogens with zero attached hydrogens (tertiary/aromatic N) is 2. The van der Waals surface area contributed by atoms with E-state index in [1.54, 1.807) is 11.0 Å². The van der Waals surface area contributed by atoms with Crippen LogP contribution < -0.4 is 10.1 Å². The van der Waals surface area contributed by atoms with Gasteiger partial charge in [-0.3, -0.25) is 10.1 Å². The maximum atomic E-state index is 14.8. The van der Waals surface area contributed by atoms with E-state index in [0.717, 1.165) is 24.3 Å². The number of ketones is 1. The molecule has 0 fully saturated rings. The Hall–Kier alpha value is -3.66. The Balaban J connectivity index is 1.45. The van der Waals surface area contributed by atoms with Gasteiger partial charge in [0.05, 0.1) is 17.7 Å². The summed E-state index contributed by atoms with van der Waals surface area (Å²) < 4.78 is 59.0. The first-order valence-corrected chi connectivity index (χ1v) is 11.3. The highest BCUT2D eigenvalue weighted by molar-refractivity contribution is 6.31. The van der Waals surface area contributed by atoms with Gasteiger partial charge < -0.3 is 9.64 Å². The second kappa shape index (κ2) is 10.1. The molecule has 36 heavy (non-hydrogen) atoms. The molecule has 0 saturated heterocycles. The van der Waals surface area contributed by atoms with Gasteiger partial charge in [0.2, 0.25) is 0 Å². The van der Waals surface area contributed by atoms with E-state index in [0.29, 0.717) is 29.2 Å². The van der Waals surface area contributed by atoms with Crippen molar-refractivity contribution in [3.05, 3.63) is 81.8 Å². The third-order valence-electron chi connectivity index (χ3n) is 5.64. The van der Waals surface area contributed by atoms with Crippen molar-refractivity contribution in [2.24, 2.45) is 0 Å². The lowest BCUT2D eigenvalue weighted by atomic mass is 10.0. The molecule has 0 bridgehead atoms. The Morgan fingerprint density at radius 1 is 1.14 bits per heavy atom. The smallest absolute Gasteiger partial charge is 0.416 e. The number of nitrogens with one attached hydrogen (secondary N) is 1. The molecule has 0 saturated carbocycles. The van der Waals surface area contributed by atoms with Crippen molar-refractivity contribution >= 4 is 29.2 Å². The van der Waals surface area contributed by atoms with Gasteiger partial charge in [0.15, 0.2) is 11.6 Å². The van der Waals surface area contributed by atoms with Gasteiger partial charge in [-0.1, -0.05) is 23.7 Å². The van der Waals surface area contributed by atoms with Gasteiger partial charge in [-0.25, -0.2) is 14.2 Å². The summed E-state index contributed by atoms with van der Waals surface area (Å²) in [6, 6.07) is 8.16. The second-order valence-corrected chi connectivity index (χ2v) is 8.55. The maximum absolute atomic E-state index is 14.8. The number of ether oxygens (including phenoxy) is 1. The fourth-order valence-electron chi connectivity index (χ4n) is 3.75. The van der Waals surface area contributed by atoms with Crippen molar-refractivity contribution < 1.29 is 31.9 Å². The van der Waals surface area contributed by atoms with Crippen LogP contribution in [0.15, 0.2) is 48.7 Å². The zero-order valence-electron chi connectivity index (χ0n) is 19.0. The fourth-order valence-corrected chi connectivity index (χ4v) is 4.00. The Morgan fingerprint density at radius 2 is 1.92 bits per heavy atom. The lowest BCUT2D eigenvalue weighted by Gasteiger charge is -2.28. The number of aromatic nitrogens is 1. The molecule has 1 aliphatic rings. The van der Waals surface area contributed by atoms with Crippen molar-refractivity contribution in [1.82, 2.24) is 9.88 Å². The number of fused-ring (bicyclic) bond motifs is 1. The van der Waals surface area contributed by atoms with E-state index in [2.05, 4.69) is 10.3 Å². The van der Waals surface area contributed by atoms with Crippen LogP contribution in [-0.2, 0) is 30.4 Å². The molecule has 188 valence electrons. The molecule has 2 aromatic carbocycles. The Bertz CT molecular complexity index is 1330. The lowest BCUT2D eigenvalue weighted by Crippen LogP contribution is -2.38. The van der Waals surface area contributed by atoms with Gasteiger partial charge in [-0.15, -0.1) is 0 Å². The van der Waals surface area contributed by atoms with E-state index < -0.39 is 17.6 Å². The number of hydrogen-bond donors (Lipinski definition) is 1. The second-order valence-electron chi connectivity index (χ2n) is 8.14. The molecule has 0 radical (unpaired) electrons. The number of carbonyl (C=O) groups excluding carboxylic acids is 2. The average Bonchev–Trinajstić information content (AvgIpc) is 2.81. The van der Waals surface area contributed by atoms with Crippen LogP contribution in [0.1, 0.15) is 29.2 Å². The van der Waals surface area contributed by atoms with Crippen LogP contribution in [-0.4, -0.2) is 28.2 Å². The predicted octanol–water partition coefficient (Wildman–Crippen LogP) is 6.41. The monoisotopic (exact) mass is 521 g/mol. The van der Waals surface area contributed by atoms with Crippen LogP contribution in [0, 0.1) is 5.82 Å². The number of anilines is 1. The number of carbonyl (C=O) groups is 2. The summed E-state index contributed by atoms with van der Waals surface area (Å²) in [5.74, 6) is -0.454. The zero-order valence-corrected chi connectivity index (χ0v) is 19.7. The van der Waals surface area contributed by atoms with Crippen LogP contribution >= 0.6 is 11.6 Å². The molecule has 0 aliphatic carbocycles. The normalized spacial score (nSPS) is 13.3. The summed E-state index contributed by atoms with van der Waals surface area (Å²) in [6.07, 6.45) is -3.43. The number of urea groups is 1. The van der Waals surface area contributed by atoms with Gasteiger partial charge in [-0.05, 0) is 48.4 Å². The van der Waals surface area contributed by atoms with E-state index in [4.69, 9.17) is 16.3 Å². The number of benzene rings is 2. The zero-order chi connectivity index (χ0) is 26.0. The van der Waals surface area contributed by atoms with E-state index in [1.165, 1.54) is 18.3 Å². The number of rotatable bonds is 7. The van der Waals surface area contributed by atoms with E-state index in [-0.39, 0.29) is 47.5 Å². The SMILES string of the molecule is CCN1Cc2c(Oc3ccc(CC(=O)Cc4ccc(C(F)(F)F)cc4Cl)cc3F)ccnc2NC1=O. The Morgan fingerprint density at radius 3 is 2.58 bits per heavy atom. The van der Waals surface area contributed by atoms with Crippen molar-refractivity contribution in [2.75, 3.05) is 11.9 Å². The van der Waals surface area contributed by atoms with Gasteiger partial charge in [0, 0.05) is 30.6 Å². The van der Waals surface area contributed by atoms with Crippen LogP contribution in [0.2, 0.25) is 5.02 Å². The lowest BCUT2D eigenvalue weighted by molar-refractivity contribution is -0.137. The van der Waals surface area contributed by atoms with Gasteiger partial charge in [0.1, 0.15) is 17.4 Å². The van der Waals surface area contributed by atoms with Gasteiger partial charge in [0.25, 0.3) is 0 Å². The minimum atomic E-state index is -4.54. The van der Waals surface area contributed by atoms with Crippen LogP contribution in [0.3, 0.4) is 0 Å². The molecule has 3 aromatic rings. The van der Waals surface area contributed by atoms with Crippen molar-refractivity contribution in [3.8, 4) is 11.5 Å². The van der Waals surface area contributed by atoms with Crippen LogP contribution in [0.5, 0.6) is 11.5 Å². The molecule has 6 nitrogen and oxygen atoms in total. The number of pyridine rings is 1. The molecule has 0 atom stereocenters. The van der Waals surface area contributed by atoms with Crippen LogP contribution in [0.4, 0.5) is 28.2 Å². The Labute approximate surface area is 208 Å². The summed E-state index contributed by atoms with van der Waals surface area (Å²) >= 11 is 5.92.